The first-order chi connectivity index (χ1) is 38.1. The first kappa shape index (κ1) is 84.1. The molecule has 0 fully saturated rings. The van der Waals surface area contributed by atoms with Gasteiger partial charge in [-0.25, -0.2) is 0 Å². The van der Waals surface area contributed by atoms with Gasteiger partial charge < -0.3 is 0 Å². The lowest BCUT2D eigenvalue weighted by atomic mass is 10.2. The van der Waals surface area contributed by atoms with Crippen LogP contribution in [-0.4, -0.2) is 105 Å². The van der Waals surface area contributed by atoms with Gasteiger partial charge in [0, 0.05) is 72.7 Å². The summed E-state index contributed by atoms with van der Waals surface area (Å²) in [5.41, 5.74) is 1.67. The Balaban J connectivity index is 4.31. The van der Waals surface area contributed by atoms with Gasteiger partial charge in [0.25, 0.3) is 0 Å². The van der Waals surface area contributed by atoms with Crippen molar-refractivity contribution in [2.24, 2.45) is 0 Å². The van der Waals surface area contributed by atoms with Gasteiger partial charge in [-0.05, 0) is 12.0 Å². The van der Waals surface area contributed by atoms with Crippen molar-refractivity contribution in [1.82, 2.24) is 0 Å². The second-order valence-electron chi connectivity index (χ2n) is 41.3. The summed E-state index contributed by atoms with van der Waals surface area (Å²) >= 11 is 0. The van der Waals surface area contributed by atoms with Crippen molar-refractivity contribution in [3.8, 4) is 0 Å². The average Bonchev–Trinajstić information content (AvgIpc) is 3.27. The van der Waals surface area contributed by atoms with Crippen LogP contribution >= 0.6 is 0 Å². The van der Waals surface area contributed by atoms with Crippen molar-refractivity contribution in [2.45, 2.75) is 411 Å². The lowest BCUT2D eigenvalue weighted by molar-refractivity contribution is 0.822. The normalized spacial score (nSPS) is 14.5. The molecule has 0 spiro atoms. The minimum atomic E-state index is -1.70. The molecule has 498 valence electrons. The van der Waals surface area contributed by atoms with Gasteiger partial charge in [0.15, 0.2) is 0 Å². The van der Waals surface area contributed by atoms with E-state index in [0.29, 0.717) is 0 Å². The molecule has 0 amide bonds. The molecule has 0 aliphatic rings. The Morgan fingerprint density at radius 1 is 0.167 bits per heavy atom. The van der Waals surface area contributed by atoms with Crippen molar-refractivity contribution < 1.29 is 0 Å². The highest BCUT2D eigenvalue weighted by Crippen LogP contribution is 2.45. The van der Waals surface area contributed by atoms with Crippen LogP contribution in [0.5, 0.6) is 0 Å². The quantitative estimate of drug-likeness (QED) is 0.0571. The molecular formula is C71H162Si13. The van der Waals surface area contributed by atoms with E-state index in [-0.39, 0.29) is 0 Å². The third kappa shape index (κ3) is 46.2. The second-order valence-corrected chi connectivity index (χ2v) is 112. The smallest absolute Gasteiger partial charge is 0.0538 e. The summed E-state index contributed by atoms with van der Waals surface area (Å²) in [5.74, 6) is 0. The Hall–Kier alpha value is 2.04. The van der Waals surface area contributed by atoms with Crippen molar-refractivity contribution in [1.29, 1.82) is 0 Å². The third-order valence-corrected chi connectivity index (χ3v) is 59.9. The fraction of sp³-hybridized carbons (Fsp3) is 0.915. The second kappa shape index (κ2) is 37.8. The summed E-state index contributed by atoms with van der Waals surface area (Å²) in [6.45, 7) is 72.5. The first-order valence-electron chi connectivity index (χ1n) is 37.1. The van der Waals surface area contributed by atoms with E-state index in [1.807, 2.05) is 0 Å². The average molecular weight is 1380 g/mol. The Bertz CT molecular complexity index is 1510. The van der Waals surface area contributed by atoms with Crippen LogP contribution in [0.3, 0.4) is 0 Å². The topological polar surface area (TPSA) is 0 Å². The molecule has 0 aromatic heterocycles. The lowest BCUT2D eigenvalue weighted by Gasteiger charge is -2.40. The zero-order valence-electron chi connectivity index (χ0n) is 63.8. The molecule has 1 rings (SSSR count). The maximum atomic E-state index is 2.68. The molecule has 0 N–H and O–H groups in total. The Morgan fingerprint density at radius 2 is 0.298 bits per heavy atom. The van der Waals surface area contributed by atoms with E-state index in [4.69, 9.17) is 0 Å². The van der Waals surface area contributed by atoms with Crippen LogP contribution in [-0.2, 0) is 6.42 Å². The predicted molar refractivity (Wildman–Crippen MR) is 439 cm³/mol. The Morgan fingerprint density at radius 3 is 0.440 bits per heavy atom. The number of hydrogen-bond donors (Lipinski definition) is 0. The molecule has 13 heteroatoms. The van der Waals surface area contributed by atoms with E-state index < -0.39 is 105 Å². The van der Waals surface area contributed by atoms with Gasteiger partial charge in [-0.3, -0.25) is 0 Å². The van der Waals surface area contributed by atoms with Gasteiger partial charge in [0.2, 0.25) is 0 Å². The van der Waals surface area contributed by atoms with Gasteiger partial charge in [-0.1, -0.05) is 435 Å². The molecule has 1 aromatic rings. The van der Waals surface area contributed by atoms with Crippen molar-refractivity contribution >= 4 is 105 Å². The van der Waals surface area contributed by atoms with Crippen LogP contribution in [0.1, 0.15) is 82.6 Å². The molecule has 0 nitrogen and oxygen atoms in total. The van der Waals surface area contributed by atoms with E-state index in [1.54, 1.807) is 234 Å². The predicted octanol–water partition coefficient (Wildman–Crippen LogP) is 28.7. The summed E-state index contributed by atoms with van der Waals surface area (Å²) < 4.78 is 0. The van der Waals surface area contributed by atoms with Gasteiger partial charge in [-0.2, -0.15) is 0 Å². The van der Waals surface area contributed by atoms with Crippen LogP contribution in [0.4, 0.5) is 0 Å². The minimum absolute atomic E-state index is 1.09. The van der Waals surface area contributed by atoms with E-state index >= 15 is 0 Å². The largest absolute Gasteiger partial charge is 0.0695 e. The van der Waals surface area contributed by atoms with Crippen molar-refractivity contribution in [3.05, 3.63) is 35.9 Å². The Labute approximate surface area is 547 Å². The highest BCUT2D eigenvalue weighted by molar-refractivity contribution is 6.85. The molecule has 84 heavy (non-hydrogen) atoms. The lowest BCUT2D eigenvalue weighted by Crippen LogP contribution is -2.41. The van der Waals surface area contributed by atoms with Crippen LogP contribution < -0.4 is 0 Å². The molecule has 0 aliphatic heterocycles. The molecular weight excluding hydrogens is 1220 g/mol. The fourth-order valence-electron chi connectivity index (χ4n) is 15.5. The van der Waals surface area contributed by atoms with E-state index in [0.717, 1.165) is 0 Å². The fourth-order valence-corrected chi connectivity index (χ4v) is 51.6. The number of rotatable bonds is 51. The van der Waals surface area contributed by atoms with Crippen LogP contribution in [0, 0.1) is 0 Å². The molecule has 0 radical (unpaired) electrons. The highest BCUT2D eigenvalue weighted by atomic mass is 28.4. The molecule has 0 atom stereocenters. The van der Waals surface area contributed by atoms with E-state index in [1.165, 1.54) is 6.42 Å². The zero-order chi connectivity index (χ0) is 64.5. The first-order valence-corrected chi connectivity index (χ1v) is 81.8. The molecule has 1 aromatic carbocycles. The highest BCUT2D eigenvalue weighted by Gasteiger charge is 2.41. The van der Waals surface area contributed by atoms with Crippen molar-refractivity contribution in [2.75, 3.05) is 0 Å². The maximum Gasteiger partial charge on any atom is 0.0538 e. The van der Waals surface area contributed by atoms with Crippen LogP contribution in [0.15, 0.2) is 30.3 Å². The number of aryl methyl sites for hydroxylation is 1. The molecule has 0 heterocycles. The van der Waals surface area contributed by atoms with Crippen LogP contribution in [0.25, 0.3) is 0 Å². The van der Waals surface area contributed by atoms with Crippen LogP contribution in [0.2, 0.25) is 328 Å². The maximum absolute atomic E-state index is 2.68. The van der Waals surface area contributed by atoms with Crippen molar-refractivity contribution in [3.63, 3.8) is 0 Å². The SMILES string of the molecule is C[Si](C)(C)CCC[Si](CCC[Si](C)(C)C)(CCC[Si](C)(C)C)CCC[Si](CCC[Si](CCC[Si](C)(C)C)(CCC[Si](C)(C)C)CCC[Si](C)(C)C)(CCC[Si](CCC[Si](C)(C)C)(CCC[Si](C)(C)C)CCC[Si](C)(C)C)CCc1ccccc1. The summed E-state index contributed by atoms with van der Waals surface area (Å²) in [5, 5.41) is 0. The molecule has 0 unspecified atom stereocenters. The molecule has 0 bridgehead atoms. The number of hydrogen-bond acceptors (Lipinski definition) is 0. The van der Waals surface area contributed by atoms with Gasteiger partial charge in [0.1, 0.15) is 0 Å². The van der Waals surface area contributed by atoms with E-state index in [2.05, 4.69) is 207 Å². The van der Waals surface area contributed by atoms with Gasteiger partial charge in [-0.15, -0.1) is 0 Å². The van der Waals surface area contributed by atoms with Gasteiger partial charge in [0.05, 0.1) is 32.3 Å². The summed E-state index contributed by atoms with van der Waals surface area (Å²) in [6.07, 6.45) is 20.3. The Kier molecular flexibility index (Phi) is 37.8. The minimum Gasteiger partial charge on any atom is -0.0695 e. The zero-order valence-corrected chi connectivity index (χ0v) is 76.8. The van der Waals surface area contributed by atoms with Gasteiger partial charge >= 0.3 is 0 Å². The van der Waals surface area contributed by atoms with E-state index in [9.17, 15) is 0 Å². The summed E-state index contributed by atoms with van der Waals surface area (Å²) in [6, 6.07) is 53.1. The molecule has 0 saturated heterocycles. The third-order valence-electron chi connectivity index (χ3n) is 20.7. The molecule has 0 aliphatic carbocycles. The summed E-state index contributed by atoms with van der Waals surface area (Å²) in [4.78, 5) is 0. The molecule has 0 saturated carbocycles. The summed E-state index contributed by atoms with van der Waals surface area (Å²) in [7, 11) is -15.9. The standard InChI is InChI=1S/C71H162Si13/c1-72(2,3)46-31-55-81(56-32-47-73(4,5)6,57-33-48-74(7,8)9)64-40-67-84(70-45-71-43-29-28-30-44-71,68-41-65-82(58-34-49-75(10,11)12,59-35-50-76(13,14)15)60-36-51-77(16,17)18)69-42-66-83(61-37-52-78(19,20)21,62-38-53-79(22,23)24)63-39-54-80(25,26)27/h28-30,43-44H,31-42,45-70H2,1-27H3. The monoisotopic (exact) mass is 1380 g/mol. The number of benzene rings is 1.